The predicted molar refractivity (Wildman–Crippen MR) is 56.0 cm³/mol. The van der Waals surface area contributed by atoms with Crippen LogP contribution in [0.4, 0.5) is 0 Å². The first-order valence-electron chi connectivity index (χ1n) is 5.49. The maximum absolute atomic E-state index is 11.7. The van der Waals surface area contributed by atoms with Crippen LogP contribution in [0.1, 0.15) is 26.7 Å². The fourth-order valence-corrected chi connectivity index (χ4v) is 1.84. The third kappa shape index (κ3) is 3.21. The van der Waals surface area contributed by atoms with E-state index in [9.17, 15) is 4.79 Å². The van der Waals surface area contributed by atoms with E-state index in [4.69, 9.17) is 10.00 Å². The summed E-state index contributed by atoms with van der Waals surface area (Å²) in [5.41, 5.74) is 0. The second kappa shape index (κ2) is 5.72. The quantitative estimate of drug-likeness (QED) is 0.702. The first-order valence-corrected chi connectivity index (χ1v) is 5.49. The Morgan fingerprint density at radius 3 is 3.07 bits per heavy atom. The molecule has 4 heteroatoms. The molecule has 1 fully saturated rings. The van der Waals surface area contributed by atoms with Crippen LogP contribution >= 0.6 is 0 Å². The fraction of sp³-hybridized carbons (Fsp3) is 0.818. The van der Waals surface area contributed by atoms with Crippen LogP contribution in [-0.2, 0) is 9.53 Å². The van der Waals surface area contributed by atoms with Crippen molar-refractivity contribution < 1.29 is 9.53 Å². The van der Waals surface area contributed by atoms with Gasteiger partial charge in [0.2, 0.25) is 5.91 Å². The van der Waals surface area contributed by atoms with Gasteiger partial charge in [-0.15, -0.1) is 0 Å². The minimum absolute atomic E-state index is 0.0677. The number of ether oxygens (including phenoxy) is 1. The first kappa shape index (κ1) is 12.0. The topological polar surface area (TPSA) is 53.3 Å². The Hall–Kier alpha value is -1.08. The molecule has 0 aromatic heterocycles. The van der Waals surface area contributed by atoms with E-state index >= 15 is 0 Å². The summed E-state index contributed by atoms with van der Waals surface area (Å²) in [6.45, 7) is 5.68. The van der Waals surface area contributed by atoms with Gasteiger partial charge in [-0.3, -0.25) is 4.79 Å². The smallest absolute Gasteiger partial charge is 0.239 e. The van der Waals surface area contributed by atoms with E-state index in [0.29, 0.717) is 13.2 Å². The maximum Gasteiger partial charge on any atom is 0.239 e. The number of piperidine rings is 1. The average Bonchev–Trinajstić information content (AvgIpc) is 2.28. The monoisotopic (exact) mass is 210 g/mol. The molecule has 4 nitrogen and oxygen atoms in total. The normalized spacial score (nSPS) is 23.3. The summed E-state index contributed by atoms with van der Waals surface area (Å²) < 4.78 is 5.50. The summed E-state index contributed by atoms with van der Waals surface area (Å²) in [5, 5.41) is 8.68. The van der Waals surface area contributed by atoms with Crippen LogP contribution in [0.15, 0.2) is 0 Å². The van der Waals surface area contributed by atoms with Crippen LogP contribution in [0, 0.1) is 17.2 Å². The standard InChI is InChI=1S/C11H18N2O2/c1-3-15-10-5-4-6-13(8-10)11(14)9(2)7-12/h9-10H,3-6,8H2,1-2H3. The Labute approximate surface area is 90.8 Å². The lowest BCUT2D eigenvalue weighted by atomic mass is 10.1. The van der Waals surface area contributed by atoms with Crippen molar-refractivity contribution in [2.24, 2.45) is 5.92 Å². The van der Waals surface area contributed by atoms with Gasteiger partial charge < -0.3 is 9.64 Å². The van der Waals surface area contributed by atoms with Crippen molar-refractivity contribution in [3.63, 3.8) is 0 Å². The van der Waals surface area contributed by atoms with Crippen molar-refractivity contribution in [2.75, 3.05) is 19.7 Å². The molecule has 0 aromatic carbocycles. The molecular weight excluding hydrogens is 192 g/mol. The number of amides is 1. The van der Waals surface area contributed by atoms with E-state index in [-0.39, 0.29) is 12.0 Å². The van der Waals surface area contributed by atoms with Crippen LogP contribution in [0.3, 0.4) is 0 Å². The van der Waals surface area contributed by atoms with Crippen molar-refractivity contribution in [2.45, 2.75) is 32.8 Å². The number of hydrogen-bond donors (Lipinski definition) is 0. The zero-order valence-electron chi connectivity index (χ0n) is 9.40. The highest BCUT2D eigenvalue weighted by Crippen LogP contribution is 2.15. The number of rotatable bonds is 3. The van der Waals surface area contributed by atoms with E-state index in [0.717, 1.165) is 19.4 Å². The SMILES string of the molecule is CCOC1CCCN(C(=O)C(C)C#N)C1. The Morgan fingerprint density at radius 2 is 2.47 bits per heavy atom. The molecule has 1 amide bonds. The number of nitrogens with zero attached hydrogens (tertiary/aromatic N) is 2. The molecule has 2 unspecified atom stereocenters. The maximum atomic E-state index is 11.7. The number of likely N-dealkylation sites (tertiary alicyclic amines) is 1. The van der Waals surface area contributed by atoms with Gasteiger partial charge in [0.1, 0.15) is 5.92 Å². The molecule has 15 heavy (non-hydrogen) atoms. The second-order valence-corrected chi connectivity index (χ2v) is 3.85. The number of hydrogen-bond acceptors (Lipinski definition) is 3. The number of carbonyl (C=O) groups excluding carboxylic acids is 1. The molecule has 0 saturated carbocycles. The van der Waals surface area contributed by atoms with Crippen LogP contribution in [0.5, 0.6) is 0 Å². The van der Waals surface area contributed by atoms with Gasteiger partial charge in [0, 0.05) is 19.7 Å². The highest BCUT2D eigenvalue weighted by molar-refractivity contribution is 5.80. The van der Waals surface area contributed by atoms with Gasteiger partial charge in [-0.2, -0.15) is 5.26 Å². The molecule has 1 saturated heterocycles. The molecule has 0 radical (unpaired) electrons. The zero-order valence-corrected chi connectivity index (χ0v) is 9.40. The van der Waals surface area contributed by atoms with Crippen LogP contribution < -0.4 is 0 Å². The highest BCUT2D eigenvalue weighted by atomic mass is 16.5. The van der Waals surface area contributed by atoms with Gasteiger partial charge in [-0.25, -0.2) is 0 Å². The zero-order chi connectivity index (χ0) is 11.3. The molecule has 1 aliphatic heterocycles. The van der Waals surface area contributed by atoms with E-state index in [1.165, 1.54) is 0 Å². The van der Waals surface area contributed by atoms with Gasteiger partial charge in [0.25, 0.3) is 0 Å². The third-order valence-electron chi connectivity index (χ3n) is 2.66. The summed E-state index contributed by atoms with van der Waals surface area (Å²) in [6, 6.07) is 1.98. The van der Waals surface area contributed by atoms with Crippen molar-refractivity contribution >= 4 is 5.91 Å². The van der Waals surface area contributed by atoms with E-state index in [1.54, 1.807) is 11.8 Å². The molecule has 84 valence electrons. The molecule has 1 heterocycles. The van der Waals surface area contributed by atoms with Crippen molar-refractivity contribution in [1.82, 2.24) is 4.90 Å². The summed E-state index contributed by atoms with van der Waals surface area (Å²) in [4.78, 5) is 13.5. The van der Waals surface area contributed by atoms with E-state index < -0.39 is 5.92 Å². The summed E-state index contributed by atoms with van der Waals surface area (Å²) in [5.74, 6) is -0.604. The highest BCUT2D eigenvalue weighted by Gasteiger charge is 2.26. The molecule has 0 aromatic rings. The van der Waals surface area contributed by atoms with Crippen LogP contribution in [-0.4, -0.2) is 36.6 Å². The minimum atomic E-state index is -0.537. The van der Waals surface area contributed by atoms with Crippen molar-refractivity contribution in [3.8, 4) is 6.07 Å². The average molecular weight is 210 g/mol. The number of carbonyl (C=O) groups is 1. The first-order chi connectivity index (χ1) is 7.19. The van der Waals surface area contributed by atoms with Gasteiger partial charge in [0.05, 0.1) is 12.2 Å². The fourth-order valence-electron chi connectivity index (χ4n) is 1.84. The van der Waals surface area contributed by atoms with Crippen LogP contribution in [0.25, 0.3) is 0 Å². The van der Waals surface area contributed by atoms with E-state index in [2.05, 4.69) is 0 Å². The van der Waals surface area contributed by atoms with E-state index in [1.807, 2.05) is 13.0 Å². The molecule has 0 N–H and O–H groups in total. The van der Waals surface area contributed by atoms with Crippen LogP contribution in [0.2, 0.25) is 0 Å². The Balaban J connectivity index is 2.49. The third-order valence-corrected chi connectivity index (χ3v) is 2.66. The largest absolute Gasteiger partial charge is 0.377 e. The number of nitriles is 1. The molecule has 1 rings (SSSR count). The molecule has 0 aliphatic carbocycles. The van der Waals surface area contributed by atoms with Crippen molar-refractivity contribution in [3.05, 3.63) is 0 Å². The Bertz CT molecular complexity index is 258. The molecule has 0 spiro atoms. The van der Waals surface area contributed by atoms with Crippen molar-refractivity contribution in [1.29, 1.82) is 5.26 Å². The van der Waals surface area contributed by atoms with Gasteiger partial charge in [0.15, 0.2) is 0 Å². The molecule has 2 atom stereocenters. The minimum Gasteiger partial charge on any atom is -0.377 e. The molecular formula is C11H18N2O2. The van der Waals surface area contributed by atoms with Gasteiger partial charge in [-0.05, 0) is 26.7 Å². The summed E-state index contributed by atoms with van der Waals surface area (Å²) >= 11 is 0. The predicted octanol–water partition coefficient (Wildman–Crippen LogP) is 1.17. The Kier molecular flexibility index (Phi) is 4.57. The lowest BCUT2D eigenvalue weighted by molar-refractivity contribution is -0.137. The summed E-state index contributed by atoms with van der Waals surface area (Å²) in [6.07, 6.45) is 2.13. The molecule has 1 aliphatic rings. The lowest BCUT2D eigenvalue weighted by Gasteiger charge is -2.33. The lowest BCUT2D eigenvalue weighted by Crippen LogP contribution is -2.45. The van der Waals surface area contributed by atoms with Gasteiger partial charge in [-0.1, -0.05) is 0 Å². The Morgan fingerprint density at radius 1 is 1.73 bits per heavy atom. The van der Waals surface area contributed by atoms with Gasteiger partial charge >= 0.3 is 0 Å². The second-order valence-electron chi connectivity index (χ2n) is 3.85. The summed E-state index contributed by atoms with van der Waals surface area (Å²) in [7, 11) is 0. The molecule has 0 bridgehead atoms.